The van der Waals surface area contributed by atoms with Gasteiger partial charge in [0.25, 0.3) is 0 Å². The van der Waals surface area contributed by atoms with Gasteiger partial charge in [0.2, 0.25) is 5.69 Å². The largest absolute Gasteiger partial charge is 0.741 e. The van der Waals surface area contributed by atoms with Gasteiger partial charge in [-0.05, 0) is 0 Å². The quantitative estimate of drug-likeness (QED) is 0.460. The van der Waals surface area contributed by atoms with Gasteiger partial charge in [0.15, 0.2) is 22.5 Å². The van der Waals surface area contributed by atoms with Crippen LogP contribution in [-0.4, -0.2) is 18.5 Å². The van der Waals surface area contributed by atoms with Crippen LogP contribution >= 0.6 is 0 Å². The van der Waals surface area contributed by atoms with Gasteiger partial charge in [0.05, 0.1) is 0 Å². The summed E-state index contributed by atoms with van der Waals surface area (Å²) in [4.78, 5) is 0. The zero-order valence-electron chi connectivity index (χ0n) is 9.99. The molecule has 108 valence electrons. The summed E-state index contributed by atoms with van der Waals surface area (Å²) in [5.41, 5.74) is -4.45. The highest BCUT2D eigenvalue weighted by molar-refractivity contribution is 7.86. The van der Waals surface area contributed by atoms with E-state index < -0.39 is 15.6 Å². The molecule has 0 bridgehead atoms. The Morgan fingerprint density at radius 3 is 1.70 bits per heavy atom. The maximum Gasteiger partial charge on any atom is 0.485 e. The Morgan fingerprint density at radius 2 is 1.30 bits per heavy atom. The smallest absolute Gasteiger partial charge is 0.485 e. The highest BCUT2D eigenvalue weighted by Crippen LogP contribution is 2.20. The van der Waals surface area contributed by atoms with E-state index in [1.54, 1.807) is 0 Å². The maximum atomic E-state index is 10.7. The van der Waals surface area contributed by atoms with Crippen LogP contribution in [0.5, 0.6) is 0 Å². The van der Waals surface area contributed by atoms with Crippen molar-refractivity contribution >= 4 is 10.1 Å². The molecule has 0 unspecified atom stereocenters. The van der Waals surface area contributed by atoms with Crippen LogP contribution in [-0.2, 0) is 10.1 Å². The Bertz CT molecular complexity index is 591. The lowest BCUT2D eigenvalue weighted by Crippen LogP contribution is -2.28. The zero-order chi connectivity index (χ0) is 15.2. The third kappa shape index (κ3) is 4.98. The molecular formula is C12H10F3NO3S. The van der Waals surface area contributed by atoms with E-state index in [1.807, 2.05) is 48.8 Å². The summed E-state index contributed by atoms with van der Waals surface area (Å²) in [5, 5.41) is 0. The first-order valence-electron chi connectivity index (χ1n) is 5.26. The normalized spacial score (nSPS) is 11.4. The topological polar surface area (TPSA) is 61.1 Å². The number of aromatic nitrogens is 1. The first-order valence-corrected chi connectivity index (χ1v) is 6.66. The lowest BCUT2D eigenvalue weighted by molar-refractivity contribution is -0.595. The second kappa shape index (κ2) is 6.49. The Kier molecular flexibility index (Phi) is 5.23. The van der Waals surface area contributed by atoms with Crippen molar-refractivity contribution < 1.29 is 30.7 Å². The standard InChI is InChI=1S/C11H10N.CHF3O3S/c1-3-7-11(8-4-1)12-9-5-2-6-10-12;2-1(3,4)8(5,6)7/h1-10H;(H,5,6,7)/q+1;/p-1. The van der Waals surface area contributed by atoms with Crippen molar-refractivity contribution in [1.29, 1.82) is 0 Å². The van der Waals surface area contributed by atoms with Gasteiger partial charge in [0, 0.05) is 24.3 Å². The fourth-order valence-electron chi connectivity index (χ4n) is 1.17. The molecule has 0 aliphatic carbocycles. The Labute approximate surface area is 113 Å². The first kappa shape index (κ1) is 16.1. The Hall–Kier alpha value is -1.93. The number of nitrogens with zero attached hydrogens (tertiary/aromatic N) is 1. The van der Waals surface area contributed by atoms with Gasteiger partial charge in [-0.15, -0.1) is 0 Å². The molecule has 0 fully saturated rings. The van der Waals surface area contributed by atoms with Gasteiger partial charge < -0.3 is 4.55 Å². The predicted octanol–water partition coefficient (Wildman–Crippen LogP) is 2.01. The molecule has 0 radical (unpaired) electrons. The zero-order valence-corrected chi connectivity index (χ0v) is 10.8. The van der Waals surface area contributed by atoms with E-state index in [1.165, 1.54) is 5.69 Å². The fourth-order valence-corrected chi connectivity index (χ4v) is 1.17. The average molecular weight is 305 g/mol. The van der Waals surface area contributed by atoms with E-state index in [0.717, 1.165) is 0 Å². The van der Waals surface area contributed by atoms with Crippen molar-refractivity contribution in [2.45, 2.75) is 5.51 Å². The van der Waals surface area contributed by atoms with Crippen LogP contribution in [0.2, 0.25) is 0 Å². The van der Waals surface area contributed by atoms with E-state index in [4.69, 9.17) is 13.0 Å². The molecule has 1 heterocycles. The van der Waals surface area contributed by atoms with Gasteiger partial charge in [0.1, 0.15) is 0 Å². The minimum atomic E-state index is -6.09. The maximum absolute atomic E-state index is 10.7. The summed E-state index contributed by atoms with van der Waals surface area (Å²) in [7, 11) is -6.09. The molecule has 4 nitrogen and oxygen atoms in total. The Balaban J connectivity index is 0.000000221. The molecule has 0 N–H and O–H groups in total. The summed E-state index contributed by atoms with van der Waals surface area (Å²) in [6.45, 7) is 0. The van der Waals surface area contributed by atoms with Gasteiger partial charge in [-0.1, -0.05) is 24.3 Å². The molecule has 20 heavy (non-hydrogen) atoms. The molecule has 2 aromatic rings. The van der Waals surface area contributed by atoms with Crippen molar-refractivity contribution in [3.8, 4) is 5.69 Å². The third-order valence-corrected chi connectivity index (χ3v) is 2.62. The first-order chi connectivity index (χ1) is 9.22. The number of para-hydroxylation sites is 1. The van der Waals surface area contributed by atoms with Crippen molar-refractivity contribution in [2.75, 3.05) is 0 Å². The third-order valence-electron chi connectivity index (χ3n) is 2.05. The van der Waals surface area contributed by atoms with Crippen LogP contribution in [0.25, 0.3) is 5.69 Å². The second-order valence-corrected chi connectivity index (χ2v) is 4.89. The average Bonchev–Trinajstić information content (AvgIpc) is 2.39. The predicted molar refractivity (Wildman–Crippen MR) is 63.7 cm³/mol. The summed E-state index contributed by atoms with van der Waals surface area (Å²) in [5.74, 6) is 0. The van der Waals surface area contributed by atoms with E-state index in [9.17, 15) is 13.2 Å². The molecule has 0 saturated carbocycles. The SMILES string of the molecule is O=S(=O)([O-])C(F)(F)F.c1ccc(-[n+]2ccccc2)cc1. The van der Waals surface area contributed by atoms with E-state index in [0.29, 0.717) is 0 Å². The molecule has 0 aliphatic heterocycles. The van der Waals surface area contributed by atoms with Crippen LogP contribution in [0.1, 0.15) is 0 Å². The molecule has 8 heteroatoms. The molecule has 2 rings (SSSR count). The minimum Gasteiger partial charge on any atom is -0.741 e. The van der Waals surface area contributed by atoms with Crippen LogP contribution in [0.3, 0.4) is 0 Å². The number of pyridine rings is 1. The molecular weight excluding hydrogens is 295 g/mol. The van der Waals surface area contributed by atoms with Crippen molar-refractivity contribution in [3.05, 3.63) is 60.9 Å². The molecule has 1 aromatic carbocycles. The van der Waals surface area contributed by atoms with Gasteiger partial charge in [-0.3, -0.25) is 0 Å². The summed E-state index contributed by atoms with van der Waals surface area (Å²) < 4.78 is 61.0. The summed E-state index contributed by atoms with van der Waals surface area (Å²) >= 11 is 0. The lowest BCUT2D eigenvalue weighted by atomic mass is 10.3. The highest BCUT2D eigenvalue weighted by atomic mass is 32.2. The molecule has 0 spiro atoms. The van der Waals surface area contributed by atoms with Gasteiger partial charge in [-0.2, -0.15) is 17.7 Å². The van der Waals surface area contributed by atoms with Crippen LogP contribution < -0.4 is 4.57 Å². The molecule has 0 saturated heterocycles. The summed E-state index contributed by atoms with van der Waals surface area (Å²) in [6.07, 6.45) is 4.07. The highest BCUT2D eigenvalue weighted by Gasteiger charge is 2.36. The molecule has 1 aromatic heterocycles. The minimum absolute atomic E-state index is 1.19. The summed E-state index contributed by atoms with van der Waals surface area (Å²) in [6, 6.07) is 16.3. The lowest BCUT2D eigenvalue weighted by Gasteiger charge is -2.08. The Morgan fingerprint density at radius 1 is 0.900 bits per heavy atom. The van der Waals surface area contributed by atoms with Crippen LogP contribution in [0.4, 0.5) is 13.2 Å². The van der Waals surface area contributed by atoms with E-state index in [-0.39, 0.29) is 0 Å². The number of hydrogen-bond acceptors (Lipinski definition) is 3. The number of hydrogen-bond donors (Lipinski definition) is 0. The van der Waals surface area contributed by atoms with Crippen LogP contribution in [0.15, 0.2) is 60.9 Å². The monoisotopic (exact) mass is 305 g/mol. The number of alkyl halides is 3. The van der Waals surface area contributed by atoms with E-state index in [2.05, 4.69) is 16.7 Å². The van der Waals surface area contributed by atoms with E-state index >= 15 is 0 Å². The van der Waals surface area contributed by atoms with Crippen molar-refractivity contribution in [3.63, 3.8) is 0 Å². The fraction of sp³-hybridized carbons (Fsp3) is 0.0833. The molecule has 0 atom stereocenters. The molecule has 0 amide bonds. The number of rotatable bonds is 1. The van der Waals surface area contributed by atoms with Gasteiger partial charge in [-0.25, -0.2) is 8.42 Å². The number of benzene rings is 1. The second-order valence-electron chi connectivity index (χ2n) is 3.52. The van der Waals surface area contributed by atoms with Crippen LogP contribution in [0, 0.1) is 0 Å². The van der Waals surface area contributed by atoms with Gasteiger partial charge >= 0.3 is 5.51 Å². The van der Waals surface area contributed by atoms with Crippen molar-refractivity contribution in [2.24, 2.45) is 0 Å². The molecule has 0 aliphatic rings. The van der Waals surface area contributed by atoms with Crippen molar-refractivity contribution in [1.82, 2.24) is 0 Å². The number of halogens is 3.